The molecule has 2 atom stereocenters. The first-order chi connectivity index (χ1) is 9.99. The number of nitrogens with zero attached hydrogens (tertiary/aromatic N) is 1. The van der Waals surface area contributed by atoms with E-state index < -0.39 is 34.5 Å². The van der Waals surface area contributed by atoms with Gasteiger partial charge < -0.3 is 10.4 Å². The number of nitro groups is 1. The smallest absolute Gasteiger partial charge is 0.285 e. The van der Waals surface area contributed by atoms with Crippen LogP contribution in [0.5, 0.6) is 0 Å². The van der Waals surface area contributed by atoms with Gasteiger partial charge in [0.1, 0.15) is 11.4 Å². The van der Waals surface area contributed by atoms with Crippen molar-refractivity contribution in [1.82, 2.24) is 5.32 Å². The number of nitro benzene ring substituents is 1. The number of aliphatic hydroxyl groups excluding tert-OH is 1. The maximum Gasteiger partial charge on any atom is 0.285 e. The highest BCUT2D eigenvalue weighted by atomic mass is 19.1. The van der Waals surface area contributed by atoms with Crippen molar-refractivity contribution in [2.45, 2.75) is 44.2 Å². The Morgan fingerprint density at radius 2 is 2.05 bits per heavy atom. The summed E-state index contributed by atoms with van der Waals surface area (Å²) in [5.41, 5.74) is -0.770. The molecule has 2 N–H and O–H groups in total. The highest BCUT2D eigenvalue weighted by molar-refractivity contribution is 5.98. The van der Waals surface area contributed by atoms with Gasteiger partial charge in [-0.05, 0) is 25.0 Å². The normalized spacial score (nSPS) is 22.4. The SMILES string of the molecule is O=C(NC1CCCCCC1O)c1ccc(F)cc1[N+](=O)[O-]. The highest BCUT2D eigenvalue weighted by Gasteiger charge is 2.27. The molecule has 0 aliphatic heterocycles. The number of hydrogen-bond acceptors (Lipinski definition) is 4. The number of carbonyl (C=O) groups is 1. The molecule has 1 aliphatic carbocycles. The number of amides is 1. The van der Waals surface area contributed by atoms with Gasteiger partial charge in [-0.15, -0.1) is 0 Å². The molecule has 0 bridgehead atoms. The molecule has 1 amide bonds. The van der Waals surface area contributed by atoms with Gasteiger partial charge in [0.05, 0.1) is 23.1 Å². The minimum atomic E-state index is -0.790. The maximum atomic E-state index is 13.1. The van der Waals surface area contributed by atoms with Gasteiger partial charge in [0.25, 0.3) is 11.6 Å². The zero-order valence-corrected chi connectivity index (χ0v) is 11.4. The molecule has 0 aromatic heterocycles. The Balaban J connectivity index is 2.18. The average Bonchev–Trinajstić information content (AvgIpc) is 2.64. The minimum Gasteiger partial charge on any atom is -0.391 e. The second-order valence-electron chi connectivity index (χ2n) is 5.20. The molecular weight excluding hydrogens is 279 g/mol. The van der Waals surface area contributed by atoms with Crippen molar-refractivity contribution in [3.05, 3.63) is 39.7 Å². The summed E-state index contributed by atoms with van der Waals surface area (Å²) in [4.78, 5) is 22.3. The van der Waals surface area contributed by atoms with E-state index in [4.69, 9.17) is 0 Å². The predicted molar refractivity (Wildman–Crippen MR) is 73.4 cm³/mol. The molecule has 1 saturated carbocycles. The van der Waals surface area contributed by atoms with Crippen LogP contribution in [-0.2, 0) is 0 Å². The van der Waals surface area contributed by atoms with E-state index in [1.165, 1.54) is 0 Å². The standard InChI is InChI=1S/C14H17FN2O4/c15-9-6-7-10(12(8-9)17(20)21)14(19)16-11-4-2-1-3-5-13(11)18/h6-8,11,13,18H,1-5H2,(H,16,19). The molecule has 2 rings (SSSR count). The summed E-state index contributed by atoms with van der Waals surface area (Å²) in [5, 5.41) is 23.5. The van der Waals surface area contributed by atoms with E-state index in [2.05, 4.69) is 5.32 Å². The molecule has 0 heterocycles. The van der Waals surface area contributed by atoms with Crippen LogP contribution in [0.15, 0.2) is 18.2 Å². The number of aliphatic hydroxyl groups is 1. The van der Waals surface area contributed by atoms with Crippen molar-refractivity contribution in [2.24, 2.45) is 0 Å². The van der Waals surface area contributed by atoms with E-state index in [1.807, 2.05) is 0 Å². The summed E-state index contributed by atoms with van der Waals surface area (Å²) in [5.74, 6) is -1.43. The van der Waals surface area contributed by atoms with Crippen LogP contribution in [0.4, 0.5) is 10.1 Å². The lowest BCUT2D eigenvalue weighted by molar-refractivity contribution is -0.385. The Morgan fingerprint density at radius 1 is 1.33 bits per heavy atom. The summed E-state index contributed by atoms with van der Waals surface area (Å²) < 4.78 is 13.1. The molecule has 114 valence electrons. The quantitative estimate of drug-likeness (QED) is 0.508. The van der Waals surface area contributed by atoms with Crippen LogP contribution in [0.25, 0.3) is 0 Å². The largest absolute Gasteiger partial charge is 0.391 e. The lowest BCUT2D eigenvalue weighted by Gasteiger charge is -2.21. The number of hydrogen-bond donors (Lipinski definition) is 2. The number of halogens is 1. The van der Waals surface area contributed by atoms with Gasteiger partial charge in [0.2, 0.25) is 0 Å². The van der Waals surface area contributed by atoms with Crippen LogP contribution in [0, 0.1) is 15.9 Å². The summed E-state index contributed by atoms with van der Waals surface area (Å²) in [6.07, 6.45) is 3.33. The Morgan fingerprint density at radius 3 is 2.76 bits per heavy atom. The Labute approximate surface area is 121 Å². The fraction of sp³-hybridized carbons (Fsp3) is 0.500. The summed E-state index contributed by atoms with van der Waals surface area (Å²) in [6.45, 7) is 0. The van der Waals surface area contributed by atoms with Gasteiger partial charge in [0.15, 0.2) is 0 Å². The molecule has 21 heavy (non-hydrogen) atoms. The van der Waals surface area contributed by atoms with Crippen LogP contribution in [-0.4, -0.2) is 28.1 Å². The molecule has 1 fully saturated rings. The zero-order chi connectivity index (χ0) is 15.4. The second kappa shape index (κ2) is 6.62. The van der Waals surface area contributed by atoms with Crippen molar-refractivity contribution >= 4 is 11.6 Å². The third-order valence-corrected chi connectivity index (χ3v) is 3.70. The Kier molecular flexibility index (Phi) is 4.85. The highest BCUT2D eigenvalue weighted by Crippen LogP contribution is 2.22. The van der Waals surface area contributed by atoms with E-state index in [0.717, 1.165) is 37.5 Å². The van der Waals surface area contributed by atoms with E-state index in [0.29, 0.717) is 12.8 Å². The maximum absolute atomic E-state index is 13.1. The third kappa shape index (κ3) is 3.75. The van der Waals surface area contributed by atoms with E-state index in [1.54, 1.807) is 0 Å². The first kappa shape index (κ1) is 15.4. The van der Waals surface area contributed by atoms with Crippen molar-refractivity contribution in [1.29, 1.82) is 0 Å². The fourth-order valence-corrected chi connectivity index (χ4v) is 2.55. The minimum absolute atomic E-state index is 0.196. The van der Waals surface area contributed by atoms with Crippen molar-refractivity contribution in [3.63, 3.8) is 0 Å². The van der Waals surface area contributed by atoms with Crippen LogP contribution < -0.4 is 5.32 Å². The first-order valence-corrected chi connectivity index (χ1v) is 6.92. The van der Waals surface area contributed by atoms with Gasteiger partial charge in [-0.2, -0.15) is 0 Å². The molecular formula is C14H17FN2O4. The molecule has 6 nitrogen and oxygen atoms in total. The summed E-state index contributed by atoms with van der Waals surface area (Å²) in [6, 6.07) is 2.39. The van der Waals surface area contributed by atoms with Crippen LogP contribution in [0.1, 0.15) is 42.5 Å². The number of rotatable bonds is 3. The zero-order valence-electron chi connectivity index (χ0n) is 11.4. The molecule has 1 aliphatic rings. The van der Waals surface area contributed by atoms with Gasteiger partial charge in [-0.3, -0.25) is 14.9 Å². The average molecular weight is 296 g/mol. The van der Waals surface area contributed by atoms with Crippen molar-refractivity contribution < 1.29 is 19.2 Å². The van der Waals surface area contributed by atoms with Crippen LogP contribution in [0.3, 0.4) is 0 Å². The van der Waals surface area contributed by atoms with Gasteiger partial charge in [-0.25, -0.2) is 4.39 Å². The molecule has 1 aromatic rings. The second-order valence-corrected chi connectivity index (χ2v) is 5.20. The molecule has 7 heteroatoms. The Bertz CT molecular complexity index is 550. The van der Waals surface area contributed by atoms with Gasteiger partial charge in [0, 0.05) is 0 Å². The summed E-state index contributed by atoms with van der Waals surface area (Å²) >= 11 is 0. The van der Waals surface area contributed by atoms with Crippen molar-refractivity contribution in [2.75, 3.05) is 0 Å². The molecule has 2 unspecified atom stereocenters. The van der Waals surface area contributed by atoms with Crippen LogP contribution >= 0.6 is 0 Å². The number of benzene rings is 1. The lowest BCUT2D eigenvalue weighted by Crippen LogP contribution is -2.42. The van der Waals surface area contributed by atoms with Gasteiger partial charge in [-0.1, -0.05) is 19.3 Å². The summed E-state index contributed by atoms with van der Waals surface area (Å²) in [7, 11) is 0. The molecule has 0 saturated heterocycles. The number of nitrogens with one attached hydrogen (secondary N) is 1. The molecule has 0 spiro atoms. The third-order valence-electron chi connectivity index (χ3n) is 3.70. The topological polar surface area (TPSA) is 92.5 Å². The van der Waals surface area contributed by atoms with Crippen molar-refractivity contribution in [3.8, 4) is 0 Å². The predicted octanol–water partition coefficient (Wildman–Crippen LogP) is 2.16. The van der Waals surface area contributed by atoms with E-state index in [-0.39, 0.29) is 5.56 Å². The number of carbonyl (C=O) groups excluding carboxylic acids is 1. The Hall–Kier alpha value is -2.02. The molecule has 1 aromatic carbocycles. The van der Waals surface area contributed by atoms with E-state index in [9.17, 15) is 24.4 Å². The van der Waals surface area contributed by atoms with Crippen LogP contribution in [0.2, 0.25) is 0 Å². The van der Waals surface area contributed by atoms with E-state index >= 15 is 0 Å². The fourth-order valence-electron chi connectivity index (χ4n) is 2.55. The monoisotopic (exact) mass is 296 g/mol. The first-order valence-electron chi connectivity index (χ1n) is 6.92. The van der Waals surface area contributed by atoms with Gasteiger partial charge >= 0.3 is 0 Å². The lowest BCUT2D eigenvalue weighted by atomic mass is 10.0. The molecule has 0 radical (unpaired) electrons.